The summed E-state index contributed by atoms with van der Waals surface area (Å²) < 4.78 is 26.1. The molecule has 0 atom stereocenters. The lowest BCUT2D eigenvalue weighted by Gasteiger charge is -2.14. The molecule has 2 N–H and O–H groups in total. The first-order chi connectivity index (χ1) is 7.75. The van der Waals surface area contributed by atoms with Crippen molar-refractivity contribution in [2.75, 3.05) is 4.72 Å². The second kappa shape index (κ2) is 5.05. The summed E-state index contributed by atoms with van der Waals surface area (Å²) in [6.07, 6.45) is 0. The minimum atomic E-state index is -3.57. The summed E-state index contributed by atoms with van der Waals surface area (Å²) in [5, 5.41) is 8.33. The lowest BCUT2D eigenvalue weighted by atomic mass is 10.2. The highest BCUT2D eigenvalue weighted by Crippen LogP contribution is 2.28. The van der Waals surface area contributed by atoms with Gasteiger partial charge in [-0.1, -0.05) is 6.07 Å². The van der Waals surface area contributed by atoms with E-state index < -0.39 is 21.2 Å². The number of sulfonamides is 1. The standard InChI is InChI=1S/C10H12BrNO4S/c1-6(2)17(15,16)12-9-7(10(13)14)4-3-5-8(9)11/h3-6,12H,1-2H3,(H,13,14). The number of para-hydroxylation sites is 1. The van der Waals surface area contributed by atoms with Gasteiger partial charge in [0.05, 0.1) is 16.5 Å². The Morgan fingerprint density at radius 2 is 2.00 bits per heavy atom. The Morgan fingerprint density at radius 1 is 1.41 bits per heavy atom. The first kappa shape index (κ1) is 14.0. The summed E-state index contributed by atoms with van der Waals surface area (Å²) in [6.45, 7) is 3.03. The van der Waals surface area contributed by atoms with Gasteiger partial charge >= 0.3 is 5.97 Å². The summed E-state index contributed by atoms with van der Waals surface area (Å²) in [4.78, 5) is 11.0. The first-order valence-electron chi connectivity index (χ1n) is 4.79. The molecule has 0 unspecified atom stereocenters. The van der Waals surface area contributed by atoms with E-state index >= 15 is 0 Å². The Kier molecular flexibility index (Phi) is 4.16. The predicted octanol–water partition coefficient (Wildman–Crippen LogP) is 2.30. The Morgan fingerprint density at radius 3 is 2.47 bits per heavy atom. The van der Waals surface area contributed by atoms with Gasteiger partial charge in [-0.25, -0.2) is 13.2 Å². The number of anilines is 1. The fraction of sp³-hybridized carbons (Fsp3) is 0.300. The molecule has 0 aliphatic heterocycles. The van der Waals surface area contributed by atoms with Gasteiger partial charge in [-0.2, -0.15) is 0 Å². The van der Waals surface area contributed by atoms with Crippen LogP contribution < -0.4 is 4.72 Å². The topological polar surface area (TPSA) is 83.5 Å². The van der Waals surface area contributed by atoms with Crippen LogP contribution >= 0.6 is 15.9 Å². The molecule has 0 saturated heterocycles. The average molecular weight is 322 g/mol. The zero-order valence-corrected chi connectivity index (χ0v) is 11.7. The van der Waals surface area contributed by atoms with Crippen molar-refractivity contribution in [3.8, 4) is 0 Å². The second-order valence-corrected chi connectivity index (χ2v) is 6.75. The maximum atomic E-state index is 11.7. The molecule has 5 nitrogen and oxygen atoms in total. The van der Waals surface area contributed by atoms with Crippen LogP contribution in [0.2, 0.25) is 0 Å². The highest BCUT2D eigenvalue weighted by atomic mass is 79.9. The number of hydrogen-bond acceptors (Lipinski definition) is 3. The van der Waals surface area contributed by atoms with Gasteiger partial charge in [0.15, 0.2) is 0 Å². The molecule has 0 spiro atoms. The number of hydrogen-bond donors (Lipinski definition) is 2. The van der Waals surface area contributed by atoms with Gasteiger partial charge < -0.3 is 5.11 Å². The van der Waals surface area contributed by atoms with E-state index in [-0.39, 0.29) is 11.3 Å². The van der Waals surface area contributed by atoms with Gasteiger partial charge in [0.1, 0.15) is 0 Å². The quantitative estimate of drug-likeness (QED) is 0.891. The Bertz CT molecular complexity index is 539. The zero-order chi connectivity index (χ0) is 13.2. The van der Waals surface area contributed by atoms with E-state index in [0.717, 1.165) is 0 Å². The van der Waals surface area contributed by atoms with Gasteiger partial charge in [0.2, 0.25) is 10.0 Å². The molecule has 94 valence electrons. The number of aromatic carboxylic acids is 1. The largest absolute Gasteiger partial charge is 0.478 e. The number of halogens is 1. The number of benzene rings is 1. The molecule has 0 amide bonds. The Balaban J connectivity index is 3.28. The van der Waals surface area contributed by atoms with Crippen molar-refractivity contribution in [3.05, 3.63) is 28.2 Å². The highest BCUT2D eigenvalue weighted by Gasteiger charge is 2.21. The molecule has 1 aromatic rings. The molecule has 0 aromatic heterocycles. The first-order valence-corrected chi connectivity index (χ1v) is 7.13. The van der Waals surface area contributed by atoms with Crippen molar-refractivity contribution in [2.24, 2.45) is 0 Å². The molecule has 1 rings (SSSR count). The van der Waals surface area contributed by atoms with Crippen molar-refractivity contribution >= 4 is 37.6 Å². The molecule has 1 aromatic carbocycles. The zero-order valence-electron chi connectivity index (χ0n) is 9.27. The van der Waals surface area contributed by atoms with E-state index in [1.54, 1.807) is 6.07 Å². The monoisotopic (exact) mass is 321 g/mol. The fourth-order valence-corrected chi connectivity index (χ4v) is 2.40. The summed E-state index contributed by atoms with van der Waals surface area (Å²) in [5.74, 6) is -1.19. The number of rotatable bonds is 4. The molecule has 0 fully saturated rings. The van der Waals surface area contributed by atoms with E-state index in [2.05, 4.69) is 20.7 Å². The number of carboxylic acids is 1. The maximum Gasteiger partial charge on any atom is 0.337 e. The van der Waals surface area contributed by atoms with E-state index in [9.17, 15) is 13.2 Å². The van der Waals surface area contributed by atoms with Crippen molar-refractivity contribution in [1.29, 1.82) is 0 Å². The third-order valence-electron chi connectivity index (χ3n) is 2.11. The van der Waals surface area contributed by atoms with E-state index in [0.29, 0.717) is 4.47 Å². The van der Waals surface area contributed by atoms with Crippen LogP contribution in [0.4, 0.5) is 5.69 Å². The van der Waals surface area contributed by atoms with Crippen LogP contribution in [0.1, 0.15) is 24.2 Å². The van der Waals surface area contributed by atoms with Crippen LogP contribution in [0.25, 0.3) is 0 Å². The van der Waals surface area contributed by atoms with Crippen molar-refractivity contribution in [3.63, 3.8) is 0 Å². The van der Waals surface area contributed by atoms with E-state index in [4.69, 9.17) is 5.11 Å². The average Bonchev–Trinajstić information content (AvgIpc) is 2.20. The number of carbonyl (C=O) groups is 1. The molecule has 7 heteroatoms. The molecule has 0 saturated carbocycles. The molecular weight excluding hydrogens is 310 g/mol. The smallest absolute Gasteiger partial charge is 0.337 e. The van der Waals surface area contributed by atoms with Gasteiger partial charge in [-0.05, 0) is 41.9 Å². The normalized spacial score (nSPS) is 11.5. The second-order valence-electron chi connectivity index (χ2n) is 3.66. The number of carboxylic acid groups (broad SMARTS) is 1. The highest BCUT2D eigenvalue weighted by molar-refractivity contribution is 9.10. The van der Waals surface area contributed by atoms with E-state index in [1.165, 1.54) is 26.0 Å². The molecule has 0 radical (unpaired) electrons. The van der Waals surface area contributed by atoms with Gasteiger partial charge in [0, 0.05) is 4.47 Å². The lowest BCUT2D eigenvalue weighted by molar-refractivity contribution is 0.0698. The number of nitrogens with one attached hydrogen (secondary N) is 1. The van der Waals surface area contributed by atoms with Gasteiger partial charge in [-0.15, -0.1) is 0 Å². The van der Waals surface area contributed by atoms with E-state index in [1.807, 2.05) is 0 Å². The summed E-state index contributed by atoms with van der Waals surface area (Å²) in [7, 11) is -3.57. The van der Waals surface area contributed by atoms with Crippen LogP contribution in [-0.2, 0) is 10.0 Å². The summed E-state index contributed by atoms with van der Waals surface area (Å²) >= 11 is 3.13. The van der Waals surface area contributed by atoms with Crippen molar-refractivity contribution < 1.29 is 18.3 Å². The summed E-state index contributed by atoms with van der Waals surface area (Å²) in [6, 6.07) is 4.44. The van der Waals surface area contributed by atoms with Crippen LogP contribution in [0.3, 0.4) is 0 Å². The predicted molar refractivity (Wildman–Crippen MR) is 68.8 cm³/mol. The van der Waals surface area contributed by atoms with Gasteiger partial charge in [-0.3, -0.25) is 4.72 Å². The van der Waals surface area contributed by atoms with Crippen molar-refractivity contribution in [1.82, 2.24) is 0 Å². The molecule has 17 heavy (non-hydrogen) atoms. The fourth-order valence-electron chi connectivity index (χ4n) is 1.07. The van der Waals surface area contributed by atoms with Crippen molar-refractivity contribution in [2.45, 2.75) is 19.1 Å². The Labute approximate surface area is 108 Å². The maximum absolute atomic E-state index is 11.7. The summed E-state index contributed by atoms with van der Waals surface area (Å²) in [5.41, 5.74) is -0.0442. The SMILES string of the molecule is CC(C)S(=O)(=O)Nc1c(Br)cccc1C(=O)O. The minimum absolute atomic E-state index is 0.0497. The molecule has 0 aliphatic carbocycles. The van der Waals surface area contributed by atoms with Crippen LogP contribution in [0.15, 0.2) is 22.7 Å². The van der Waals surface area contributed by atoms with Crippen LogP contribution in [-0.4, -0.2) is 24.7 Å². The third kappa shape index (κ3) is 3.19. The van der Waals surface area contributed by atoms with Gasteiger partial charge in [0.25, 0.3) is 0 Å². The molecule has 0 aliphatic rings. The van der Waals surface area contributed by atoms with Crippen LogP contribution in [0, 0.1) is 0 Å². The minimum Gasteiger partial charge on any atom is -0.478 e. The molecular formula is C10H12BrNO4S. The lowest BCUT2D eigenvalue weighted by Crippen LogP contribution is -2.24. The molecule has 0 heterocycles. The third-order valence-corrected chi connectivity index (χ3v) is 4.50. The molecule has 0 bridgehead atoms. The van der Waals surface area contributed by atoms with Crippen LogP contribution in [0.5, 0.6) is 0 Å². The Hall–Kier alpha value is -1.08.